The van der Waals surface area contributed by atoms with Gasteiger partial charge < -0.3 is 19.3 Å². The number of benzene rings is 2. The van der Waals surface area contributed by atoms with E-state index in [0.717, 1.165) is 0 Å². The van der Waals surface area contributed by atoms with Crippen molar-refractivity contribution in [3.8, 4) is 17.2 Å². The largest absolute Gasteiger partial charge is 0.497 e. The molecular formula is C22H22O7. The second-order valence-corrected chi connectivity index (χ2v) is 6.90. The van der Waals surface area contributed by atoms with E-state index in [4.69, 9.17) is 19.3 Å². The van der Waals surface area contributed by atoms with Crippen LogP contribution in [0, 0.1) is 11.8 Å². The maximum absolute atomic E-state index is 12.3. The summed E-state index contributed by atoms with van der Waals surface area (Å²) in [5, 5.41) is 9.03. The Morgan fingerprint density at radius 2 is 1.24 bits per heavy atom. The Bertz CT molecular complexity index is 863. The molecule has 1 saturated carbocycles. The van der Waals surface area contributed by atoms with Gasteiger partial charge in [0, 0.05) is 0 Å². The van der Waals surface area contributed by atoms with Crippen molar-refractivity contribution in [3.63, 3.8) is 0 Å². The topological polar surface area (TPSA) is 99.1 Å². The van der Waals surface area contributed by atoms with E-state index in [1.807, 2.05) is 0 Å². The average Bonchev–Trinajstić information content (AvgIpc) is 2.74. The second kappa shape index (κ2) is 9.23. The fourth-order valence-corrected chi connectivity index (χ4v) is 3.24. The Hall–Kier alpha value is -3.35. The molecule has 0 bridgehead atoms. The summed E-state index contributed by atoms with van der Waals surface area (Å²) < 4.78 is 15.7. The molecule has 2 aromatic carbocycles. The molecule has 0 radical (unpaired) electrons. The molecule has 0 atom stereocenters. The minimum Gasteiger partial charge on any atom is -0.497 e. The third-order valence-electron chi connectivity index (χ3n) is 4.99. The normalized spacial score (nSPS) is 18.5. The quantitative estimate of drug-likeness (QED) is 0.585. The Balaban J connectivity index is 1.53. The van der Waals surface area contributed by atoms with Gasteiger partial charge in [-0.2, -0.15) is 0 Å². The van der Waals surface area contributed by atoms with Crippen LogP contribution >= 0.6 is 0 Å². The molecule has 1 fully saturated rings. The van der Waals surface area contributed by atoms with Crippen LogP contribution in [0.3, 0.4) is 0 Å². The lowest BCUT2D eigenvalue weighted by atomic mass is 9.82. The lowest BCUT2D eigenvalue weighted by Crippen LogP contribution is -2.28. The Morgan fingerprint density at radius 3 is 1.79 bits per heavy atom. The highest BCUT2D eigenvalue weighted by Gasteiger charge is 2.30. The van der Waals surface area contributed by atoms with Gasteiger partial charge >= 0.3 is 17.9 Å². The minimum atomic E-state index is -0.811. The zero-order chi connectivity index (χ0) is 20.8. The first kappa shape index (κ1) is 20.4. The second-order valence-electron chi connectivity index (χ2n) is 6.90. The number of esters is 2. The molecule has 3 rings (SSSR count). The van der Waals surface area contributed by atoms with Crippen molar-refractivity contribution in [1.82, 2.24) is 0 Å². The highest BCUT2D eigenvalue weighted by atomic mass is 16.5. The van der Waals surface area contributed by atoms with Crippen LogP contribution in [0.5, 0.6) is 17.2 Å². The van der Waals surface area contributed by atoms with Gasteiger partial charge in [-0.05, 0) is 74.2 Å². The summed E-state index contributed by atoms with van der Waals surface area (Å²) in [4.78, 5) is 35.5. The van der Waals surface area contributed by atoms with E-state index in [-0.39, 0.29) is 17.8 Å². The van der Waals surface area contributed by atoms with Crippen molar-refractivity contribution in [2.75, 3.05) is 7.11 Å². The number of aliphatic carboxylic acids is 1. The predicted octanol–water partition coefficient (Wildman–Crippen LogP) is 3.71. The molecule has 0 saturated heterocycles. The van der Waals surface area contributed by atoms with E-state index >= 15 is 0 Å². The van der Waals surface area contributed by atoms with Crippen LogP contribution in [0.15, 0.2) is 48.5 Å². The average molecular weight is 398 g/mol. The molecule has 0 amide bonds. The third kappa shape index (κ3) is 5.34. The molecule has 0 aliphatic heterocycles. The first-order valence-electron chi connectivity index (χ1n) is 9.37. The summed E-state index contributed by atoms with van der Waals surface area (Å²) >= 11 is 0. The molecule has 2 aromatic rings. The maximum Gasteiger partial charge on any atom is 0.343 e. The van der Waals surface area contributed by atoms with Crippen LogP contribution in [0.4, 0.5) is 0 Å². The molecule has 0 aromatic heterocycles. The number of hydrogen-bond donors (Lipinski definition) is 1. The van der Waals surface area contributed by atoms with Crippen molar-refractivity contribution >= 4 is 17.9 Å². The number of carbonyl (C=O) groups is 3. The summed E-state index contributed by atoms with van der Waals surface area (Å²) in [5.74, 6) is -1.01. The fraction of sp³-hybridized carbons (Fsp3) is 0.318. The number of carboxylic acid groups (broad SMARTS) is 1. The van der Waals surface area contributed by atoms with Crippen molar-refractivity contribution in [1.29, 1.82) is 0 Å². The predicted molar refractivity (Wildman–Crippen MR) is 103 cm³/mol. The highest BCUT2D eigenvalue weighted by molar-refractivity contribution is 5.91. The van der Waals surface area contributed by atoms with Crippen LogP contribution in [0.1, 0.15) is 36.0 Å². The van der Waals surface area contributed by atoms with Gasteiger partial charge in [-0.25, -0.2) is 4.79 Å². The number of rotatable bonds is 6. The standard InChI is InChI=1S/C22H22O7/c1-27-17-10-12-19(13-11-17)29-22(26)16-6-8-18(9-7-16)28-21(25)15-4-2-14(3-5-15)20(23)24/h6-15H,2-5H2,1H3,(H,23,24). The zero-order valence-corrected chi connectivity index (χ0v) is 16.0. The number of carboxylic acids is 1. The highest BCUT2D eigenvalue weighted by Crippen LogP contribution is 2.30. The van der Waals surface area contributed by atoms with E-state index in [1.54, 1.807) is 31.4 Å². The fourth-order valence-electron chi connectivity index (χ4n) is 3.24. The van der Waals surface area contributed by atoms with E-state index < -0.39 is 11.9 Å². The first-order valence-corrected chi connectivity index (χ1v) is 9.37. The maximum atomic E-state index is 12.3. The summed E-state index contributed by atoms with van der Waals surface area (Å²) in [6.45, 7) is 0. The number of carbonyl (C=O) groups excluding carboxylic acids is 2. The van der Waals surface area contributed by atoms with Crippen LogP contribution in [-0.4, -0.2) is 30.1 Å². The van der Waals surface area contributed by atoms with Gasteiger partial charge in [-0.15, -0.1) is 0 Å². The summed E-state index contributed by atoms with van der Waals surface area (Å²) in [5.41, 5.74) is 0.322. The van der Waals surface area contributed by atoms with Crippen LogP contribution in [0.25, 0.3) is 0 Å². The first-order chi connectivity index (χ1) is 14.0. The smallest absolute Gasteiger partial charge is 0.343 e. The van der Waals surface area contributed by atoms with Gasteiger partial charge in [-0.3, -0.25) is 9.59 Å². The Morgan fingerprint density at radius 1 is 0.759 bits per heavy atom. The molecule has 0 unspecified atom stereocenters. The van der Waals surface area contributed by atoms with Gasteiger partial charge in [0.15, 0.2) is 0 Å². The van der Waals surface area contributed by atoms with Crippen LogP contribution in [0.2, 0.25) is 0 Å². The van der Waals surface area contributed by atoms with Gasteiger partial charge in [0.25, 0.3) is 0 Å². The molecule has 152 valence electrons. The number of ether oxygens (including phenoxy) is 3. The molecule has 1 aliphatic carbocycles. The lowest BCUT2D eigenvalue weighted by Gasteiger charge is -2.24. The van der Waals surface area contributed by atoms with Gasteiger partial charge in [-0.1, -0.05) is 0 Å². The Kier molecular flexibility index (Phi) is 6.49. The third-order valence-corrected chi connectivity index (χ3v) is 4.99. The van der Waals surface area contributed by atoms with Gasteiger partial charge in [0.2, 0.25) is 0 Å². The van der Waals surface area contributed by atoms with Gasteiger partial charge in [0.05, 0.1) is 24.5 Å². The molecule has 1 aliphatic rings. The minimum absolute atomic E-state index is 0.301. The van der Waals surface area contributed by atoms with E-state index in [0.29, 0.717) is 48.5 Å². The van der Waals surface area contributed by atoms with Crippen LogP contribution in [-0.2, 0) is 9.59 Å². The molecule has 0 spiro atoms. The summed E-state index contributed by atoms with van der Waals surface area (Å²) in [7, 11) is 1.55. The molecule has 7 nitrogen and oxygen atoms in total. The van der Waals surface area contributed by atoms with Crippen molar-refractivity contribution in [2.24, 2.45) is 11.8 Å². The monoisotopic (exact) mass is 398 g/mol. The zero-order valence-electron chi connectivity index (χ0n) is 16.0. The summed E-state index contributed by atoms with van der Waals surface area (Å²) in [6.07, 6.45) is 1.96. The number of methoxy groups -OCH3 is 1. The van der Waals surface area contributed by atoms with Crippen molar-refractivity contribution in [3.05, 3.63) is 54.1 Å². The van der Waals surface area contributed by atoms with E-state index in [1.165, 1.54) is 24.3 Å². The molecule has 7 heteroatoms. The van der Waals surface area contributed by atoms with Crippen LogP contribution < -0.4 is 14.2 Å². The van der Waals surface area contributed by atoms with Crippen molar-refractivity contribution < 1.29 is 33.7 Å². The molecular weight excluding hydrogens is 376 g/mol. The molecule has 29 heavy (non-hydrogen) atoms. The van der Waals surface area contributed by atoms with Crippen molar-refractivity contribution in [2.45, 2.75) is 25.7 Å². The summed E-state index contributed by atoms with van der Waals surface area (Å²) in [6, 6.07) is 12.8. The lowest BCUT2D eigenvalue weighted by molar-refractivity contribution is -0.146. The van der Waals surface area contributed by atoms with E-state index in [9.17, 15) is 14.4 Å². The molecule has 1 N–H and O–H groups in total. The van der Waals surface area contributed by atoms with Gasteiger partial charge in [0.1, 0.15) is 17.2 Å². The molecule has 0 heterocycles. The SMILES string of the molecule is COc1ccc(OC(=O)c2ccc(OC(=O)C3CCC(C(=O)O)CC3)cc2)cc1. The Labute approximate surface area is 168 Å². The number of hydrogen-bond acceptors (Lipinski definition) is 6. The van der Waals surface area contributed by atoms with E-state index in [2.05, 4.69) is 0 Å².